The van der Waals surface area contributed by atoms with E-state index in [1.807, 2.05) is 36.4 Å². The largest absolute Gasteiger partial charge is 0.354 e. The quantitative estimate of drug-likeness (QED) is 0.337. The molecule has 2 heterocycles. The van der Waals surface area contributed by atoms with Gasteiger partial charge in [0.2, 0.25) is 0 Å². The summed E-state index contributed by atoms with van der Waals surface area (Å²) in [5, 5.41) is 6.11. The smallest absolute Gasteiger partial charge is 0.0472 e. The van der Waals surface area contributed by atoms with Crippen molar-refractivity contribution < 1.29 is 0 Å². The van der Waals surface area contributed by atoms with Crippen molar-refractivity contribution in [2.45, 2.75) is 0 Å². The highest BCUT2D eigenvalue weighted by molar-refractivity contribution is 6.32. The number of hydrogen-bond donors (Lipinski definition) is 2. The minimum absolute atomic E-state index is 0.747. The summed E-state index contributed by atoms with van der Waals surface area (Å²) in [4.78, 5) is 6.92. The van der Waals surface area contributed by atoms with Crippen LogP contribution in [-0.4, -0.2) is 9.97 Å². The number of rotatable bonds is 0. The van der Waals surface area contributed by atoms with Crippen LogP contribution in [0.15, 0.2) is 48.5 Å². The molecule has 0 atom stereocenters. The Balaban J connectivity index is 1.99. The lowest BCUT2D eigenvalue weighted by molar-refractivity contribution is 1.54. The summed E-state index contributed by atoms with van der Waals surface area (Å²) in [6.07, 6.45) is 0. The number of aromatic nitrogens is 2. The second-order valence-corrected chi connectivity index (χ2v) is 6.45. The number of halogens is 2. The first-order valence-corrected chi connectivity index (χ1v) is 7.76. The first-order valence-electron chi connectivity index (χ1n) is 7.01. The highest BCUT2D eigenvalue weighted by Gasteiger charge is 2.10. The Morgan fingerprint density at radius 2 is 0.909 bits per heavy atom. The molecule has 5 rings (SSSR count). The molecule has 2 N–H and O–H groups in total. The van der Waals surface area contributed by atoms with E-state index < -0.39 is 0 Å². The molecule has 0 bridgehead atoms. The van der Waals surface area contributed by atoms with Crippen LogP contribution in [0.3, 0.4) is 0 Å². The highest BCUT2D eigenvalue weighted by Crippen LogP contribution is 2.34. The van der Waals surface area contributed by atoms with Gasteiger partial charge in [0.15, 0.2) is 0 Å². The average molecular weight is 325 g/mol. The van der Waals surface area contributed by atoms with Crippen molar-refractivity contribution in [2.75, 3.05) is 0 Å². The van der Waals surface area contributed by atoms with Gasteiger partial charge in [0.05, 0.1) is 0 Å². The van der Waals surface area contributed by atoms with Gasteiger partial charge >= 0.3 is 0 Å². The maximum Gasteiger partial charge on any atom is 0.0472 e. The highest BCUT2D eigenvalue weighted by atomic mass is 35.5. The number of H-pyrrole nitrogens is 2. The van der Waals surface area contributed by atoms with Crippen LogP contribution in [0.1, 0.15) is 0 Å². The van der Waals surface area contributed by atoms with Gasteiger partial charge < -0.3 is 9.97 Å². The minimum atomic E-state index is 0.747. The summed E-state index contributed by atoms with van der Waals surface area (Å²) in [6.45, 7) is 0. The molecule has 4 heteroatoms. The van der Waals surface area contributed by atoms with Crippen molar-refractivity contribution >= 4 is 66.8 Å². The lowest BCUT2D eigenvalue weighted by Crippen LogP contribution is -1.70. The Morgan fingerprint density at radius 1 is 0.500 bits per heavy atom. The van der Waals surface area contributed by atoms with E-state index in [2.05, 4.69) is 22.1 Å². The van der Waals surface area contributed by atoms with Gasteiger partial charge in [-0.05, 0) is 48.5 Å². The molecule has 0 aliphatic carbocycles. The van der Waals surface area contributed by atoms with Crippen LogP contribution in [0.2, 0.25) is 10.0 Å². The van der Waals surface area contributed by atoms with E-state index in [1.54, 1.807) is 0 Å². The first kappa shape index (κ1) is 12.4. The molecule has 0 saturated carbocycles. The van der Waals surface area contributed by atoms with Gasteiger partial charge in [0, 0.05) is 53.7 Å². The zero-order valence-corrected chi connectivity index (χ0v) is 12.9. The lowest BCUT2D eigenvalue weighted by Gasteiger charge is -1.95. The molecule has 22 heavy (non-hydrogen) atoms. The molecule has 106 valence electrons. The molecule has 0 fully saturated rings. The summed E-state index contributed by atoms with van der Waals surface area (Å²) >= 11 is 12.3. The molecule has 0 aliphatic rings. The predicted molar refractivity (Wildman–Crippen MR) is 95.2 cm³/mol. The molecule has 0 aliphatic heterocycles. The van der Waals surface area contributed by atoms with Crippen molar-refractivity contribution in [3.8, 4) is 0 Å². The van der Waals surface area contributed by atoms with Crippen molar-refractivity contribution in [1.29, 1.82) is 0 Å². The summed E-state index contributed by atoms with van der Waals surface area (Å²) in [7, 11) is 0. The standard InChI is InChI=1S/C18H10Cl2N2/c19-9-1-3-15-11(5-9)13-7-18-14(8-17(13)21-15)12-6-10(20)2-4-16(12)22-18/h1-8,21-22H. The first-order chi connectivity index (χ1) is 10.7. The molecule has 2 aromatic heterocycles. The minimum Gasteiger partial charge on any atom is -0.354 e. The van der Waals surface area contributed by atoms with Crippen LogP contribution in [0.4, 0.5) is 0 Å². The Morgan fingerprint density at radius 3 is 1.36 bits per heavy atom. The van der Waals surface area contributed by atoms with E-state index in [4.69, 9.17) is 23.2 Å². The molecule has 0 spiro atoms. The van der Waals surface area contributed by atoms with Crippen LogP contribution in [0.5, 0.6) is 0 Å². The second-order valence-electron chi connectivity index (χ2n) is 5.57. The van der Waals surface area contributed by atoms with Crippen LogP contribution in [0.25, 0.3) is 43.6 Å². The third-order valence-corrected chi connectivity index (χ3v) is 4.71. The third kappa shape index (κ3) is 1.62. The summed E-state index contributed by atoms with van der Waals surface area (Å²) in [5.74, 6) is 0. The average Bonchev–Trinajstić information content (AvgIpc) is 3.02. The zero-order chi connectivity index (χ0) is 14.8. The number of aromatic amines is 2. The Kier molecular flexibility index (Phi) is 2.36. The lowest BCUT2D eigenvalue weighted by atomic mass is 10.1. The Bertz CT molecular complexity index is 1100. The van der Waals surface area contributed by atoms with Gasteiger partial charge in [-0.3, -0.25) is 0 Å². The van der Waals surface area contributed by atoms with Crippen LogP contribution in [-0.2, 0) is 0 Å². The molecule has 0 amide bonds. The molecule has 0 saturated heterocycles. The van der Waals surface area contributed by atoms with Gasteiger partial charge in [-0.1, -0.05) is 23.2 Å². The predicted octanol–water partition coefficient (Wildman–Crippen LogP) is 6.26. The molecule has 2 nitrogen and oxygen atoms in total. The molecule has 0 radical (unpaired) electrons. The SMILES string of the molecule is Clc1ccc2[nH]c3cc4c(cc3c2c1)[nH]c1ccc(Cl)cc14. The number of nitrogens with one attached hydrogen (secondary N) is 2. The van der Waals surface area contributed by atoms with Crippen molar-refractivity contribution in [1.82, 2.24) is 9.97 Å². The van der Waals surface area contributed by atoms with E-state index in [-0.39, 0.29) is 0 Å². The van der Waals surface area contributed by atoms with Crippen molar-refractivity contribution in [3.05, 3.63) is 58.6 Å². The number of fused-ring (bicyclic) bond motifs is 6. The molecule has 5 aromatic rings. The fourth-order valence-corrected chi connectivity index (χ4v) is 3.58. The normalized spacial score (nSPS) is 12.1. The number of hydrogen-bond acceptors (Lipinski definition) is 0. The second kappa shape index (κ2) is 4.19. The summed E-state index contributed by atoms with van der Waals surface area (Å²) in [5.41, 5.74) is 4.39. The summed E-state index contributed by atoms with van der Waals surface area (Å²) < 4.78 is 0. The van der Waals surface area contributed by atoms with Gasteiger partial charge in [-0.15, -0.1) is 0 Å². The van der Waals surface area contributed by atoms with Crippen LogP contribution >= 0.6 is 23.2 Å². The molecule has 3 aromatic carbocycles. The van der Waals surface area contributed by atoms with Gasteiger partial charge in [-0.2, -0.15) is 0 Å². The summed E-state index contributed by atoms with van der Waals surface area (Å²) in [6, 6.07) is 16.2. The van der Waals surface area contributed by atoms with E-state index >= 15 is 0 Å². The Labute approximate surface area is 135 Å². The molecular weight excluding hydrogens is 315 g/mol. The Hall–Kier alpha value is -2.16. The van der Waals surface area contributed by atoms with Gasteiger partial charge in [0.25, 0.3) is 0 Å². The fourth-order valence-electron chi connectivity index (χ4n) is 3.24. The maximum absolute atomic E-state index is 6.14. The van der Waals surface area contributed by atoms with E-state index in [9.17, 15) is 0 Å². The van der Waals surface area contributed by atoms with E-state index in [1.165, 1.54) is 10.8 Å². The van der Waals surface area contributed by atoms with Gasteiger partial charge in [0.1, 0.15) is 0 Å². The maximum atomic E-state index is 6.14. The molecular formula is C18H10Cl2N2. The van der Waals surface area contributed by atoms with E-state index in [0.717, 1.165) is 42.9 Å². The van der Waals surface area contributed by atoms with E-state index in [0.29, 0.717) is 0 Å². The monoisotopic (exact) mass is 324 g/mol. The van der Waals surface area contributed by atoms with Crippen molar-refractivity contribution in [3.63, 3.8) is 0 Å². The fraction of sp³-hybridized carbons (Fsp3) is 0. The van der Waals surface area contributed by atoms with Gasteiger partial charge in [-0.25, -0.2) is 0 Å². The third-order valence-electron chi connectivity index (χ3n) is 4.24. The molecule has 0 unspecified atom stereocenters. The van der Waals surface area contributed by atoms with Crippen LogP contribution in [0, 0.1) is 0 Å². The number of benzene rings is 3. The topological polar surface area (TPSA) is 31.6 Å². The zero-order valence-electron chi connectivity index (χ0n) is 11.4. The van der Waals surface area contributed by atoms with Crippen molar-refractivity contribution in [2.24, 2.45) is 0 Å². The van der Waals surface area contributed by atoms with Crippen LogP contribution < -0.4 is 0 Å².